The molecule has 0 aliphatic carbocycles. The van der Waals surface area contributed by atoms with Crippen LogP contribution in [0.1, 0.15) is 10.4 Å². The number of nitrogens with zero attached hydrogens (tertiary/aromatic N) is 2. The number of hydrogen-bond acceptors (Lipinski definition) is 2. The van der Waals surface area contributed by atoms with Crippen LogP contribution in [0, 0.1) is 0 Å². The van der Waals surface area contributed by atoms with Crippen LogP contribution in [0.25, 0.3) is 10.9 Å². The van der Waals surface area contributed by atoms with Crippen molar-refractivity contribution in [3.05, 3.63) is 30.0 Å². The largest absolute Gasteiger partial charge is 0.369 e. The number of hydrogen-bond donors (Lipinski definition) is 2. The lowest BCUT2D eigenvalue weighted by molar-refractivity contribution is 0.100. The van der Waals surface area contributed by atoms with E-state index in [1.165, 1.54) is 0 Å². The molecule has 2 rings (SSSR count). The van der Waals surface area contributed by atoms with E-state index in [4.69, 9.17) is 5.73 Å². The second-order valence-electron chi connectivity index (χ2n) is 4.00. The molecule has 0 spiro atoms. The quantitative estimate of drug-likeness (QED) is 0.619. The Balaban J connectivity index is 2.48. The van der Waals surface area contributed by atoms with E-state index < -0.39 is 5.91 Å². The van der Waals surface area contributed by atoms with Gasteiger partial charge in [0.25, 0.3) is 5.91 Å². The van der Waals surface area contributed by atoms with Gasteiger partial charge in [0.05, 0.1) is 17.6 Å². The fourth-order valence-electron chi connectivity index (χ4n) is 1.57. The van der Waals surface area contributed by atoms with Gasteiger partial charge in [-0.1, -0.05) is 0 Å². The highest BCUT2D eigenvalue weighted by Gasteiger charge is 2.08. The lowest BCUT2D eigenvalue weighted by Gasteiger charge is -2.02. The molecule has 1 amide bonds. The standard InChI is InChI=1S/C12H14N4O/c1-16(2)7-15-8-3-4-11-9(5-8)10(6-14-11)12(13)17/h3-7,14H,1-2H3,(H2,13,17). The zero-order valence-electron chi connectivity index (χ0n) is 9.77. The number of rotatable bonds is 3. The lowest BCUT2D eigenvalue weighted by Crippen LogP contribution is -2.09. The maximum Gasteiger partial charge on any atom is 0.250 e. The summed E-state index contributed by atoms with van der Waals surface area (Å²) in [5, 5.41) is 0.797. The second-order valence-corrected chi connectivity index (χ2v) is 4.00. The Morgan fingerprint density at radius 2 is 2.24 bits per heavy atom. The number of aromatic nitrogens is 1. The highest BCUT2D eigenvalue weighted by atomic mass is 16.1. The predicted molar refractivity (Wildman–Crippen MR) is 68.7 cm³/mol. The molecule has 1 aromatic carbocycles. The van der Waals surface area contributed by atoms with E-state index in [0.29, 0.717) is 5.56 Å². The Morgan fingerprint density at radius 1 is 1.47 bits per heavy atom. The van der Waals surface area contributed by atoms with E-state index in [1.54, 1.807) is 12.5 Å². The SMILES string of the molecule is CN(C)C=Nc1ccc2[nH]cc(C(N)=O)c2c1. The fourth-order valence-corrected chi connectivity index (χ4v) is 1.57. The zero-order chi connectivity index (χ0) is 12.4. The van der Waals surface area contributed by atoms with Crippen LogP contribution in [0.2, 0.25) is 0 Å². The summed E-state index contributed by atoms with van der Waals surface area (Å²) in [5.74, 6) is -0.440. The minimum Gasteiger partial charge on any atom is -0.369 e. The Kier molecular flexibility index (Phi) is 2.82. The Labute approximate surface area is 98.9 Å². The molecule has 0 radical (unpaired) electrons. The van der Waals surface area contributed by atoms with Crippen molar-refractivity contribution in [2.24, 2.45) is 10.7 Å². The van der Waals surface area contributed by atoms with Crippen molar-refractivity contribution in [1.82, 2.24) is 9.88 Å². The van der Waals surface area contributed by atoms with Crippen LogP contribution in [0.4, 0.5) is 5.69 Å². The third-order valence-corrected chi connectivity index (χ3v) is 2.37. The first-order valence-electron chi connectivity index (χ1n) is 5.19. The first-order valence-corrected chi connectivity index (χ1v) is 5.19. The number of carbonyl (C=O) groups excluding carboxylic acids is 1. The Bertz CT molecular complexity index is 583. The van der Waals surface area contributed by atoms with E-state index >= 15 is 0 Å². The summed E-state index contributed by atoms with van der Waals surface area (Å²) in [4.78, 5) is 20.3. The van der Waals surface area contributed by atoms with Crippen molar-refractivity contribution in [2.45, 2.75) is 0 Å². The normalized spacial score (nSPS) is 11.2. The van der Waals surface area contributed by atoms with Crippen LogP contribution >= 0.6 is 0 Å². The number of primary amides is 1. The molecule has 2 aromatic rings. The molecule has 88 valence electrons. The van der Waals surface area contributed by atoms with Gasteiger partial charge in [-0.3, -0.25) is 4.79 Å². The summed E-state index contributed by atoms with van der Waals surface area (Å²) >= 11 is 0. The number of benzene rings is 1. The van der Waals surface area contributed by atoms with E-state index in [-0.39, 0.29) is 0 Å². The van der Waals surface area contributed by atoms with Gasteiger partial charge >= 0.3 is 0 Å². The van der Waals surface area contributed by atoms with E-state index in [2.05, 4.69) is 9.98 Å². The van der Waals surface area contributed by atoms with Crippen molar-refractivity contribution in [3.63, 3.8) is 0 Å². The number of amides is 1. The summed E-state index contributed by atoms with van der Waals surface area (Å²) in [7, 11) is 3.79. The number of nitrogens with one attached hydrogen (secondary N) is 1. The summed E-state index contributed by atoms with van der Waals surface area (Å²) in [6.45, 7) is 0. The molecule has 0 unspecified atom stereocenters. The number of aromatic amines is 1. The van der Waals surface area contributed by atoms with Gasteiger partial charge in [-0.25, -0.2) is 4.99 Å². The molecule has 0 saturated heterocycles. The molecule has 0 fully saturated rings. The average molecular weight is 230 g/mol. The molecule has 0 aliphatic heterocycles. The summed E-state index contributed by atoms with van der Waals surface area (Å²) in [6.07, 6.45) is 3.32. The maximum atomic E-state index is 11.2. The first-order chi connectivity index (χ1) is 8.08. The van der Waals surface area contributed by atoms with Crippen LogP contribution in [-0.4, -0.2) is 36.2 Å². The lowest BCUT2D eigenvalue weighted by atomic mass is 10.1. The monoisotopic (exact) mass is 230 g/mol. The number of aliphatic imine (C=N–C) groups is 1. The van der Waals surface area contributed by atoms with Gasteiger partial charge in [-0.2, -0.15) is 0 Å². The smallest absolute Gasteiger partial charge is 0.250 e. The molecule has 0 aliphatic rings. The average Bonchev–Trinajstić information content (AvgIpc) is 2.69. The van der Waals surface area contributed by atoms with Gasteiger partial charge in [0, 0.05) is 31.2 Å². The molecular weight excluding hydrogens is 216 g/mol. The van der Waals surface area contributed by atoms with Gasteiger partial charge < -0.3 is 15.6 Å². The topological polar surface area (TPSA) is 74.5 Å². The molecule has 0 atom stereocenters. The third kappa shape index (κ3) is 2.28. The predicted octanol–water partition coefficient (Wildman–Crippen LogP) is 1.49. The minimum atomic E-state index is -0.440. The van der Waals surface area contributed by atoms with Gasteiger partial charge in [0.2, 0.25) is 0 Å². The maximum absolute atomic E-state index is 11.2. The number of carbonyl (C=O) groups is 1. The van der Waals surface area contributed by atoms with Crippen LogP contribution < -0.4 is 5.73 Å². The van der Waals surface area contributed by atoms with Crippen LogP contribution in [0.5, 0.6) is 0 Å². The van der Waals surface area contributed by atoms with Crippen molar-refractivity contribution in [1.29, 1.82) is 0 Å². The van der Waals surface area contributed by atoms with Crippen molar-refractivity contribution < 1.29 is 4.79 Å². The zero-order valence-corrected chi connectivity index (χ0v) is 9.77. The highest BCUT2D eigenvalue weighted by Crippen LogP contribution is 2.23. The van der Waals surface area contributed by atoms with E-state index in [9.17, 15) is 4.79 Å². The third-order valence-electron chi connectivity index (χ3n) is 2.37. The van der Waals surface area contributed by atoms with E-state index in [1.807, 2.05) is 37.2 Å². The van der Waals surface area contributed by atoms with Gasteiger partial charge in [-0.05, 0) is 18.2 Å². The fraction of sp³-hybridized carbons (Fsp3) is 0.167. The Morgan fingerprint density at radius 3 is 2.88 bits per heavy atom. The van der Waals surface area contributed by atoms with Gasteiger partial charge in [-0.15, -0.1) is 0 Å². The number of fused-ring (bicyclic) bond motifs is 1. The molecule has 1 heterocycles. The van der Waals surface area contributed by atoms with Crippen molar-refractivity contribution >= 4 is 28.8 Å². The second kappa shape index (κ2) is 4.29. The van der Waals surface area contributed by atoms with E-state index in [0.717, 1.165) is 16.6 Å². The Hall–Kier alpha value is -2.30. The summed E-state index contributed by atoms with van der Waals surface area (Å²) < 4.78 is 0. The first kappa shape index (κ1) is 11.2. The molecule has 17 heavy (non-hydrogen) atoms. The highest BCUT2D eigenvalue weighted by molar-refractivity contribution is 6.06. The van der Waals surface area contributed by atoms with Gasteiger partial charge in [0.1, 0.15) is 0 Å². The van der Waals surface area contributed by atoms with Crippen LogP contribution in [-0.2, 0) is 0 Å². The van der Waals surface area contributed by atoms with Crippen molar-refractivity contribution in [2.75, 3.05) is 14.1 Å². The number of H-pyrrole nitrogens is 1. The van der Waals surface area contributed by atoms with Gasteiger partial charge in [0.15, 0.2) is 0 Å². The number of nitrogens with two attached hydrogens (primary N) is 1. The summed E-state index contributed by atoms with van der Waals surface area (Å²) in [6, 6.07) is 5.60. The molecule has 5 nitrogen and oxygen atoms in total. The van der Waals surface area contributed by atoms with Crippen molar-refractivity contribution in [3.8, 4) is 0 Å². The van der Waals surface area contributed by atoms with Crippen LogP contribution in [0.15, 0.2) is 29.4 Å². The molecular formula is C12H14N4O. The molecule has 0 saturated carbocycles. The minimum absolute atomic E-state index is 0.440. The molecule has 3 N–H and O–H groups in total. The molecule has 1 aromatic heterocycles. The van der Waals surface area contributed by atoms with Crippen LogP contribution in [0.3, 0.4) is 0 Å². The molecule has 0 bridgehead atoms. The summed E-state index contributed by atoms with van der Waals surface area (Å²) in [5.41, 5.74) is 7.44. The molecule has 5 heteroatoms.